The number of unbranched alkanes of at least 4 members (excludes halogenated alkanes) is 3. The molecule has 3 aromatic carbocycles. The monoisotopic (exact) mass is 556 g/mol. The minimum Gasteiger partial charge on any atom is -0.490 e. The van der Waals surface area contributed by atoms with Crippen molar-refractivity contribution in [2.24, 2.45) is 5.92 Å². The summed E-state index contributed by atoms with van der Waals surface area (Å²) >= 11 is 0. The van der Waals surface area contributed by atoms with Gasteiger partial charge in [0.15, 0.2) is 29.5 Å². The molecule has 0 spiro atoms. The fourth-order valence-electron chi connectivity index (χ4n) is 4.76. The molecule has 0 atom stereocenters. The zero-order chi connectivity index (χ0) is 28.5. The molecule has 0 aromatic heterocycles. The Kier molecular flexibility index (Phi) is 10.8. The van der Waals surface area contributed by atoms with Crippen molar-refractivity contribution in [3.8, 4) is 28.0 Å². The molecule has 0 bridgehead atoms. The van der Waals surface area contributed by atoms with E-state index in [4.69, 9.17) is 14.2 Å². The van der Waals surface area contributed by atoms with Gasteiger partial charge in [0.25, 0.3) is 0 Å². The third-order valence-electron chi connectivity index (χ3n) is 7.12. The highest BCUT2D eigenvalue weighted by Crippen LogP contribution is 2.35. The first kappa shape index (κ1) is 29.8. The van der Waals surface area contributed by atoms with Gasteiger partial charge >= 0.3 is 0 Å². The molecule has 0 radical (unpaired) electrons. The summed E-state index contributed by atoms with van der Waals surface area (Å²) in [5.41, 5.74) is 0.913. The second kappa shape index (κ2) is 14.5. The number of hydrogen-bond donors (Lipinski definition) is 0. The van der Waals surface area contributed by atoms with Gasteiger partial charge in [-0.2, -0.15) is 4.39 Å². The average Bonchev–Trinajstić information content (AvgIpc) is 2.97. The lowest BCUT2D eigenvalue weighted by Crippen LogP contribution is -2.27. The third kappa shape index (κ3) is 7.12. The quantitative estimate of drug-likeness (QED) is 0.126. The normalized spacial score (nSPS) is 17.4. The van der Waals surface area contributed by atoms with Crippen molar-refractivity contribution in [2.75, 3.05) is 19.8 Å². The fourth-order valence-corrected chi connectivity index (χ4v) is 4.76. The molecule has 0 amide bonds. The van der Waals surface area contributed by atoms with Gasteiger partial charge in [-0.25, -0.2) is 13.2 Å². The molecule has 0 unspecified atom stereocenters. The molecule has 1 fully saturated rings. The molecule has 0 saturated carbocycles. The summed E-state index contributed by atoms with van der Waals surface area (Å²) in [6.45, 7) is 5.20. The fraction of sp³-hybridized carbons (Fsp3) is 0.394. The maximum Gasteiger partial charge on any atom is 0.201 e. The summed E-state index contributed by atoms with van der Waals surface area (Å²) < 4.78 is 76.5. The highest BCUT2D eigenvalue weighted by Gasteiger charge is 2.28. The van der Waals surface area contributed by atoms with Crippen molar-refractivity contribution < 1.29 is 31.8 Å². The van der Waals surface area contributed by atoms with Gasteiger partial charge in [-0.1, -0.05) is 74.7 Å². The minimum atomic E-state index is -1.04. The van der Waals surface area contributed by atoms with E-state index in [0.29, 0.717) is 30.9 Å². The SMILES string of the molecule is C/C=C/CCC1COC(c2ccc(-c3ccc(-c4ccc(OCCCCCC)c(F)c4F)cc3)c(F)c2F)OC1. The van der Waals surface area contributed by atoms with Crippen LogP contribution in [0.3, 0.4) is 0 Å². The first-order valence-electron chi connectivity index (χ1n) is 14.0. The molecule has 1 saturated heterocycles. The van der Waals surface area contributed by atoms with Gasteiger partial charge in [0.2, 0.25) is 5.82 Å². The van der Waals surface area contributed by atoms with Crippen LogP contribution in [0.2, 0.25) is 0 Å². The van der Waals surface area contributed by atoms with E-state index in [-0.39, 0.29) is 28.4 Å². The number of ether oxygens (including phenoxy) is 3. The Bertz CT molecular complexity index is 1280. The van der Waals surface area contributed by atoms with Crippen molar-refractivity contribution >= 4 is 0 Å². The van der Waals surface area contributed by atoms with E-state index in [2.05, 4.69) is 13.0 Å². The van der Waals surface area contributed by atoms with Crippen LogP contribution in [0, 0.1) is 29.2 Å². The van der Waals surface area contributed by atoms with Crippen LogP contribution < -0.4 is 4.74 Å². The summed E-state index contributed by atoms with van der Waals surface area (Å²) in [6.07, 6.45) is 8.79. The number of rotatable bonds is 12. The van der Waals surface area contributed by atoms with Crippen LogP contribution >= 0.6 is 0 Å². The second-order valence-electron chi connectivity index (χ2n) is 10.1. The largest absolute Gasteiger partial charge is 0.490 e. The number of allylic oxidation sites excluding steroid dienone is 2. The van der Waals surface area contributed by atoms with Crippen LogP contribution in [0.15, 0.2) is 60.7 Å². The Morgan fingerprint density at radius 3 is 2.02 bits per heavy atom. The summed E-state index contributed by atoms with van der Waals surface area (Å²) in [6, 6.07) is 12.0. The molecule has 3 aromatic rings. The van der Waals surface area contributed by atoms with Crippen molar-refractivity contribution in [2.45, 2.75) is 58.7 Å². The van der Waals surface area contributed by atoms with Crippen LogP contribution in [0.5, 0.6) is 5.75 Å². The topological polar surface area (TPSA) is 27.7 Å². The molecule has 40 heavy (non-hydrogen) atoms. The van der Waals surface area contributed by atoms with Crippen molar-refractivity contribution in [3.05, 3.63) is 89.5 Å². The lowest BCUT2D eigenvalue weighted by Gasteiger charge is -2.29. The van der Waals surface area contributed by atoms with Gasteiger partial charge in [0.05, 0.1) is 19.8 Å². The standard InChI is InChI=1S/C33H36F4O3/c1-3-5-7-9-19-38-28-18-17-26(30(35)32(28)37)24-13-11-23(12-14-24)25-15-16-27(31(36)29(25)34)33-39-20-22(21-40-33)10-8-6-4-2/h4,6,11-18,22,33H,3,5,7-10,19-21H2,1-2H3/b6-4+. The summed E-state index contributed by atoms with van der Waals surface area (Å²) in [5, 5.41) is 0. The molecule has 214 valence electrons. The van der Waals surface area contributed by atoms with Gasteiger partial charge in [0, 0.05) is 22.6 Å². The zero-order valence-electron chi connectivity index (χ0n) is 23.0. The van der Waals surface area contributed by atoms with Crippen LogP contribution in [-0.2, 0) is 9.47 Å². The molecule has 0 aliphatic carbocycles. The van der Waals surface area contributed by atoms with E-state index in [1.165, 1.54) is 24.3 Å². The van der Waals surface area contributed by atoms with Crippen molar-refractivity contribution in [1.82, 2.24) is 0 Å². The summed E-state index contributed by atoms with van der Waals surface area (Å²) in [5.74, 6) is -4.03. The minimum absolute atomic E-state index is 0.00925. The first-order chi connectivity index (χ1) is 19.4. The van der Waals surface area contributed by atoms with Gasteiger partial charge in [0.1, 0.15) is 0 Å². The molecule has 7 heteroatoms. The third-order valence-corrected chi connectivity index (χ3v) is 7.12. The molecular weight excluding hydrogens is 520 g/mol. The van der Waals surface area contributed by atoms with Gasteiger partial charge in [-0.05, 0) is 49.4 Å². The van der Waals surface area contributed by atoms with E-state index < -0.39 is 29.6 Å². The predicted octanol–water partition coefficient (Wildman–Crippen LogP) is 9.55. The Labute approximate surface area is 233 Å². The molecule has 0 N–H and O–H groups in total. The van der Waals surface area contributed by atoms with Crippen LogP contribution in [0.1, 0.15) is 64.2 Å². The summed E-state index contributed by atoms with van der Waals surface area (Å²) in [7, 11) is 0. The molecule has 1 heterocycles. The Hall–Kier alpha value is -3.16. The van der Waals surface area contributed by atoms with E-state index in [1.807, 2.05) is 13.0 Å². The number of halogens is 4. The number of hydrogen-bond acceptors (Lipinski definition) is 3. The van der Waals surface area contributed by atoms with Gasteiger partial charge in [-0.15, -0.1) is 0 Å². The van der Waals surface area contributed by atoms with Crippen molar-refractivity contribution in [1.29, 1.82) is 0 Å². The molecule has 1 aliphatic rings. The molecule has 4 rings (SSSR count). The lowest BCUT2D eigenvalue weighted by molar-refractivity contribution is -0.207. The zero-order valence-corrected chi connectivity index (χ0v) is 23.0. The van der Waals surface area contributed by atoms with E-state index in [0.717, 1.165) is 38.5 Å². The van der Waals surface area contributed by atoms with Gasteiger partial charge in [-0.3, -0.25) is 0 Å². The van der Waals surface area contributed by atoms with Crippen LogP contribution in [-0.4, -0.2) is 19.8 Å². The highest BCUT2D eigenvalue weighted by atomic mass is 19.2. The first-order valence-corrected chi connectivity index (χ1v) is 14.0. The van der Waals surface area contributed by atoms with Gasteiger partial charge < -0.3 is 14.2 Å². The predicted molar refractivity (Wildman–Crippen MR) is 149 cm³/mol. The van der Waals surface area contributed by atoms with Crippen LogP contribution in [0.4, 0.5) is 17.6 Å². The van der Waals surface area contributed by atoms with Crippen molar-refractivity contribution in [3.63, 3.8) is 0 Å². The summed E-state index contributed by atoms with van der Waals surface area (Å²) in [4.78, 5) is 0. The number of benzene rings is 3. The second-order valence-corrected chi connectivity index (χ2v) is 10.1. The highest BCUT2D eigenvalue weighted by molar-refractivity contribution is 5.71. The van der Waals surface area contributed by atoms with E-state index in [9.17, 15) is 8.78 Å². The maximum atomic E-state index is 15.1. The van der Waals surface area contributed by atoms with E-state index in [1.54, 1.807) is 24.3 Å². The lowest BCUT2D eigenvalue weighted by atomic mass is 9.98. The molecule has 1 aliphatic heterocycles. The smallest absolute Gasteiger partial charge is 0.201 e. The molecule has 3 nitrogen and oxygen atoms in total. The Morgan fingerprint density at radius 2 is 1.40 bits per heavy atom. The Balaban J connectivity index is 1.44. The molecular formula is C33H36F4O3. The van der Waals surface area contributed by atoms with E-state index >= 15 is 8.78 Å². The Morgan fingerprint density at radius 1 is 0.775 bits per heavy atom. The maximum absolute atomic E-state index is 15.1. The average molecular weight is 557 g/mol. The van der Waals surface area contributed by atoms with Crippen LogP contribution in [0.25, 0.3) is 22.3 Å².